The van der Waals surface area contributed by atoms with Crippen LogP contribution < -0.4 is 5.32 Å². The Kier molecular flexibility index (Phi) is 4.67. The van der Waals surface area contributed by atoms with Crippen LogP contribution in [0.2, 0.25) is 0 Å². The van der Waals surface area contributed by atoms with E-state index in [9.17, 15) is 0 Å². The highest BCUT2D eigenvalue weighted by atomic mass is 14.9. The molecule has 4 aromatic rings. The summed E-state index contributed by atoms with van der Waals surface area (Å²) in [4.78, 5) is 0. The van der Waals surface area contributed by atoms with Crippen LogP contribution in [0.1, 0.15) is 37.8 Å². The molecule has 1 heteroatoms. The minimum atomic E-state index is 0.00545. The van der Waals surface area contributed by atoms with Gasteiger partial charge in [-0.2, -0.15) is 0 Å². The van der Waals surface area contributed by atoms with Crippen LogP contribution in [0.25, 0.3) is 22.3 Å². The normalized spacial score (nSPS) is 13.8. The lowest BCUT2D eigenvalue weighted by molar-refractivity contribution is 0.477. The molecule has 4 aromatic carbocycles. The molecule has 0 bridgehead atoms. The summed E-state index contributed by atoms with van der Waals surface area (Å²) in [6.45, 7) is 4.65. The Morgan fingerprint density at radius 1 is 0.533 bits per heavy atom. The third-order valence-electron chi connectivity index (χ3n) is 6.76. The Morgan fingerprint density at radius 3 is 1.37 bits per heavy atom. The number of fused-ring (bicyclic) bond motifs is 2. The van der Waals surface area contributed by atoms with Crippen LogP contribution in [0, 0.1) is 0 Å². The summed E-state index contributed by atoms with van der Waals surface area (Å²) in [6.07, 6.45) is 2.14. The first-order valence-electron chi connectivity index (χ1n) is 10.9. The van der Waals surface area contributed by atoms with Crippen molar-refractivity contribution in [2.24, 2.45) is 0 Å². The number of benzene rings is 4. The Bertz CT molecular complexity index is 1080. The summed E-state index contributed by atoms with van der Waals surface area (Å²) >= 11 is 0. The standard InChI is InChI=1S/C29H27N/c1-3-29(4-2)25-19-23(21-11-7-5-8-12-21)15-17-27(25)30-28-18-16-24(20-26(28)29)22-13-9-6-10-14-22/h5-20,30H,3-4H2,1-2H3. The van der Waals surface area contributed by atoms with Crippen LogP contribution in [0.4, 0.5) is 11.4 Å². The van der Waals surface area contributed by atoms with Crippen molar-refractivity contribution < 1.29 is 0 Å². The zero-order chi connectivity index (χ0) is 20.6. The maximum absolute atomic E-state index is 3.72. The van der Waals surface area contributed by atoms with Crippen molar-refractivity contribution in [2.45, 2.75) is 32.1 Å². The molecule has 1 heterocycles. The van der Waals surface area contributed by atoms with Gasteiger partial charge in [-0.25, -0.2) is 0 Å². The quantitative estimate of drug-likeness (QED) is 0.371. The van der Waals surface area contributed by atoms with Crippen LogP contribution in [0.15, 0.2) is 97.1 Å². The minimum Gasteiger partial charge on any atom is -0.355 e. The molecule has 30 heavy (non-hydrogen) atoms. The third-order valence-corrected chi connectivity index (χ3v) is 6.76. The SMILES string of the molecule is CCC1(CC)c2cc(-c3ccccc3)ccc2Nc2ccc(-c3ccccc3)cc21. The Morgan fingerprint density at radius 2 is 0.967 bits per heavy atom. The molecule has 0 unspecified atom stereocenters. The van der Waals surface area contributed by atoms with Gasteiger partial charge >= 0.3 is 0 Å². The Hall–Kier alpha value is -3.32. The predicted molar refractivity (Wildman–Crippen MR) is 128 cm³/mol. The molecule has 0 aromatic heterocycles. The van der Waals surface area contributed by atoms with Crippen molar-refractivity contribution in [1.82, 2.24) is 0 Å². The second-order valence-electron chi connectivity index (χ2n) is 8.17. The number of nitrogens with one attached hydrogen (secondary N) is 1. The molecule has 148 valence electrons. The van der Waals surface area contributed by atoms with E-state index in [0.717, 1.165) is 12.8 Å². The van der Waals surface area contributed by atoms with Crippen LogP contribution in [0.5, 0.6) is 0 Å². The summed E-state index contributed by atoms with van der Waals surface area (Å²) in [7, 11) is 0. The monoisotopic (exact) mass is 389 g/mol. The maximum atomic E-state index is 3.72. The molecule has 0 radical (unpaired) electrons. The molecule has 5 rings (SSSR count). The molecular formula is C29H27N. The highest BCUT2D eigenvalue weighted by Crippen LogP contribution is 2.51. The minimum absolute atomic E-state index is 0.00545. The van der Waals surface area contributed by atoms with Gasteiger partial charge in [-0.1, -0.05) is 86.6 Å². The molecule has 0 saturated heterocycles. The van der Waals surface area contributed by atoms with Crippen LogP contribution >= 0.6 is 0 Å². The lowest BCUT2D eigenvalue weighted by atomic mass is 9.67. The first-order valence-corrected chi connectivity index (χ1v) is 10.9. The molecule has 0 spiro atoms. The largest absolute Gasteiger partial charge is 0.355 e. The van der Waals surface area contributed by atoms with E-state index in [1.807, 2.05) is 0 Å². The van der Waals surface area contributed by atoms with Gasteiger partial charge in [0.05, 0.1) is 0 Å². The number of hydrogen-bond acceptors (Lipinski definition) is 1. The average Bonchev–Trinajstić information content (AvgIpc) is 2.83. The van der Waals surface area contributed by atoms with Crippen molar-refractivity contribution in [3.63, 3.8) is 0 Å². The van der Waals surface area contributed by atoms with Gasteiger partial charge in [0.15, 0.2) is 0 Å². The molecule has 1 aliphatic heterocycles. The van der Waals surface area contributed by atoms with Crippen molar-refractivity contribution in [1.29, 1.82) is 0 Å². The van der Waals surface area contributed by atoms with E-state index >= 15 is 0 Å². The van der Waals surface area contributed by atoms with E-state index in [1.165, 1.54) is 44.8 Å². The lowest BCUT2D eigenvalue weighted by Gasteiger charge is -2.41. The van der Waals surface area contributed by atoms with E-state index in [4.69, 9.17) is 0 Å². The number of anilines is 2. The molecular weight excluding hydrogens is 362 g/mol. The van der Waals surface area contributed by atoms with E-state index in [1.54, 1.807) is 0 Å². The van der Waals surface area contributed by atoms with Crippen LogP contribution in [-0.2, 0) is 5.41 Å². The molecule has 1 nitrogen and oxygen atoms in total. The van der Waals surface area contributed by atoms with Crippen molar-refractivity contribution in [2.75, 3.05) is 5.32 Å². The predicted octanol–water partition coefficient (Wildman–Crippen LogP) is 8.18. The van der Waals surface area contributed by atoms with Gasteiger partial charge in [-0.3, -0.25) is 0 Å². The van der Waals surface area contributed by atoms with Gasteiger partial charge in [0, 0.05) is 16.8 Å². The van der Waals surface area contributed by atoms with Gasteiger partial charge in [0.2, 0.25) is 0 Å². The smallest absolute Gasteiger partial charge is 0.0426 e. The van der Waals surface area contributed by atoms with E-state index < -0.39 is 0 Å². The number of hydrogen-bond donors (Lipinski definition) is 1. The highest BCUT2D eigenvalue weighted by Gasteiger charge is 2.38. The Balaban J connectivity index is 1.69. The molecule has 1 N–H and O–H groups in total. The lowest BCUT2D eigenvalue weighted by Crippen LogP contribution is -2.31. The van der Waals surface area contributed by atoms with Crippen LogP contribution in [-0.4, -0.2) is 0 Å². The molecule has 0 amide bonds. The summed E-state index contributed by atoms with van der Waals surface area (Å²) in [5.41, 5.74) is 10.4. The second-order valence-corrected chi connectivity index (χ2v) is 8.17. The molecule has 0 aliphatic carbocycles. The van der Waals surface area contributed by atoms with E-state index in [2.05, 4.69) is 116 Å². The highest BCUT2D eigenvalue weighted by molar-refractivity contribution is 5.82. The zero-order valence-electron chi connectivity index (χ0n) is 17.7. The van der Waals surface area contributed by atoms with Gasteiger partial charge in [0.25, 0.3) is 0 Å². The van der Waals surface area contributed by atoms with Gasteiger partial charge in [-0.05, 0) is 70.5 Å². The van der Waals surface area contributed by atoms with Crippen molar-refractivity contribution in [3.05, 3.63) is 108 Å². The molecule has 0 fully saturated rings. The van der Waals surface area contributed by atoms with Crippen molar-refractivity contribution >= 4 is 11.4 Å². The molecule has 0 saturated carbocycles. The average molecular weight is 390 g/mol. The Labute approximate surface area is 179 Å². The first-order chi connectivity index (χ1) is 14.7. The number of rotatable bonds is 4. The first kappa shape index (κ1) is 18.7. The summed E-state index contributed by atoms with van der Waals surface area (Å²) in [5, 5.41) is 3.72. The summed E-state index contributed by atoms with van der Waals surface area (Å²) in [5.74, 6) is 0. The zero-order valence-corrected chi connectivity index (χ0v) is 17.7. The van der Waals surface area contributed by atoms with Gasteiger partial charge in [-0.15, -0.1) is 0 Å². The maximum Gasteiger partial charge on any atom is 0.0426 e. The fourth-order valence-corrected chi connectivity index (χ4v) is 5.02. The third kappa shape index (κ3) is 2.93. The fourth-order valence-electron chi connectivity index (χ4n) is 5.02. The topological polar surface area (TPSA) is 12.0 Å². The van der Waals surface area contributed by atoms with E-state index in [-0.39, 0.29) is 5.41 Å². The fraction of sp³-hybridized carbons (Fsp3) is 0.172. The summed E-state index contributed by atoms with van der Waals surface area (Å²) < 4.78 is 0. The van der Waals surface area contributed by atoms with Gasteiger partial charge < -0.3 is 5.32 Å². The second kappa shape index (κ2) is 7.50. The van der Waals surface area contributed by atoms with Crippen molar-refractivity contribution in [3.8, 4) is 22.3 Å². The van der Waals surface area contributed by atoms with E-state index in [0.29, 0.717) is 0 Å². The van der Waals surface area contributed by atoms with Gasteiger partial charge in [0.1, 0.15) is 0 Å². The van der Waals surface area contributed by atoms with Crippen LogP contribution in [0.3, 0.4) is 0 Å². The molecule has 1 aliphatic rings. The summed E-state index contributed by atoms with van der Waals surface area (Å²) in [6, 6.07) is 35.2. The molecule has 0 atom stereocenters.